The summed E-state index contributed by atoms with van der Waals surface area (Å²) in [6.45, 7) is 23.2. The molecule has 1 aromatic carbocycles. The summed E-state index contributed by atoms with van der Waals surface area (Å²) < 4.78 is 0. The second-order valence-electron chi connectivity index (χ2n) is 7.87. The second kappa shape index (κ2) is 19.4. The molecular weight excluding hydrogens is 404 g/mol. The number of hydrogen-bond donors (Lipinski definition) is 0. The van der Waals surface area contributed by atoms with Gasteiger partial charge in [-0.1, -0.05) is 53.7 Å². The average Bonchev–Trinajstić information content (AvgIpc) is 2.89. The van der Waals surface area contributed by atoms with Gasteiger partial charge in [-0.05, 0) is 75.5 Å². The lowest BCUT2D eigenvalue weighted by Crippen LogP contribution is -2.44. The van der Waals surface area contributed by atoms with Crippen molar-refractivity contribution in [1.29, 1.82) is 0 Å². The molecule has 0 saturated carbocycles. The summed E-state index contributed by atoms with van der Waals surface area (Å²) in [5.41, 5.74) is 4.05. The average molecular weight is 457 g/mol. The predicted octanol–water partition coefficient (Wildman–Crippen LogP) is 7.21. The molecule has 0 radical (unpaired) electrons. The molecule has 2 aliphatic rings. The molecule has 2 saturated heterocycles. The van der Waals surface area contributed by atoms with E-state index >= 15 is 0 Å². The third-order valence-corrected chi connectivity index (χ3v) is 5.45. The smallest absolute Gasteiger partial charge is 0.128 e. The number of piperazine rings is 1. The highest BCUT2D eigenvalue weighted by Gasteiger charge is 2.14. The van der Waals surface area contributed by atoms with E-state index in [1.54, 1.807) is 0 Å². The zero-order valence-corrected chi connectivity index (χ0v) is 23.2. The van der Waals surface area contributed by atoms with E-state index in [-0.39, 0.29) is 0 Å². The number of hydrogen-bond acceptors (Lipinski definition) is 4. The van der Waals surface area contributed by atoms with Crippen molar-refractivity contribution >= 4 is 11.5 Å². The first-order valence-electron chi connectivity index (χ1n) is 13.3. The maximum absolute atomic E-state index is 4.40. The van der Waals surface area contributed by atoms with Crippen LogP contribution in [0, 0.1) is 13.8 Å². The number of aromatic nitrogens is 1. The molecule has 1 aromatic heterocycles. The highest BCUT2D eigenvalue weighted by molar-refractivity contribution is 5.48. The van der Waals surface area contributed by atoms with Crippen LogP contribution in [-0.2, 0) is 0 Å². The molecule has 2 fully saturated rings. The van der Waals surface area contributed by atoms with E-state index in [9.17, 15) is 0 Å². The van der Waals surface area contributed by atoms with Crippen LogP contribution in [0.15, 0.2) is 42.6 Å². The van der Waals surface area contributed by atoms with Gasteiger partial charge in [0.25, 0.3) is 0 Å². The first-order chi connectivity index (χ1) is 16.1. The standard InChI is InChI=1S/C12H17N.C11H17N3.3C2H6/c1-11-6-5-7-12(10-11)13-8-3-2-4-9-13;1-10-3-4-12-11(9-10)14-7-5-13(2)6-8-14;3*1-2/h5-7,10H,2-4,8-9H2,1H3;3-4,9H,5-8H2,1-2H3;3*1-2H3. The zero-order valence-electron chi connectivity index (χ0n) is 23.2. The molecule has 4 nitrogen and oxygen atoms in total. The van der Waals surface area contributed by atoms with Crippen molar-refractivity contribution < 1.29 is 0 Å². The van der Waals surface area contributed by atoms with Gasteiger partial charge in [0.1, 0.15) is 5.82 Å². The van der Waals surface area contributed by atoms with Crippen LogP contribution in [0.2, 0.25) is 0 Å². The maximum atomic E-state index is 4.40. The molecular formula is C29H52N4. The minimum absolute atomic E-state index is 1.09. The SMILES string of the molecule is CC.CC.CC.Cc1cccc(N2CCCCC2)c1.Cc1ccnc(N2CCN(C)CC2)c1. The van der Waals surface area contributed by atoms with E-state index in [1.165, 1.54) is 49.2 Å². The van der Waals surface area contributed by atoms with Gasteiger partial charge in [-0.25, -0.2) is 4.98 Å². The van der Waals surface area contributed by atoms with Gasteiger partial charge < -0.3 is 14.7 Å². The number of piperidine rings is 1. The summed E-state index contributed by atoms with van der Waals surface area (Å²) in [6.07, 6.45) is 6.01. The summed E-state index contributed by atoms with van der Waals surface area (Å²) >= 11 is 0. The van der Waals surface area contributed by atoms with E-state index < -0.39 is 0 Å². The molecule has 4 rings (SSSR count). The number of pyridine rings is 1. The summed E-state index contributed by atoms with van der Waals surface area (Å²) in [7, 11) is 2.17. The van der Waals surface area contributed by atoms with Crippen LogP contribution < -0.4 is 9.80 Å². The molecule has 33 heavy (non-hydrogen) atoms. The third kappa shape index (κ3) is 12.1. The van der Waals surface area contributed by atoms with Crippen molar-refractivity contribution in [3.63, 3.8) is 0 Å². The molecule has 2 aromatic rings. The molecule has 0 bridgehead atoms. The minimum atomic E-state index is 1.09. The van der Waals surface area contributed by atoms with E-state index in [0.29, 0.717) is 0 Å². The Labute approximate surface area is 206 Å². The van der Waals surface area contributed by atoms with Gasteiger partial charge in [0, 0.05) is 51.2 Å². The van der Waals surface area contributed by atoms with E-state index in [4.69, 9.17) is 0 Å². The van der Waals surface area contributed by atoms with Gasteiger partial charge in [0.15, 0.2) is 0 Å². The predicted molar refractivity (Wildman–Crippen MR) is 150 cm³/mol. The monoisotopic (exact) mass is 456 g/mol. The van der Waals surface area contributed by atoms with Crippen molar-refractivity contribution in [3.8, 4) is 0 Å². The fraction of sp³-hybridized carbons (Fsp3) is 0.621. The van der Waals surface area contributed by atoms with Crippen molar-refractivity contribution in [1.82, 2.24) is 9.88 Å². The van der Waals surface area contributed by atoms with Gasteiger partial charge in [-0.2, -0.15) is 0 Å². The highest BCUT2D eigenvalue weighted by atomic mass is 15.3. The number of aryl methyl sites for hydroxylation is 2. The van der Waals surface area contributed by atoms with E-state index in [1.807, 2.05) is 53.8 Å². The summed E-state index contributed by atoms with van der Waals surface area (Å²) in [5, 5.41) is 0. The van der Waals surface area contributed by atoms with Crippen molar-refractivity contribution in [2.75, 3.05) is 56.1 Å². The number of likely N-dealkylation sites (N-methyl/N-ethyl adjacent to an activating group) is 1. The van der Waals surface area contributed by atoms with Crippen molar-refractivity contribution in [3.05, 3.63) is 53.7 Å². The first kappa shape index (κ1) is 30.9. The molecule has 0 unspecified atom stereocenters. The molecule has 0 aliphatic carbocycles. The Hall–Kier alpha value is -2.07. The fourth-order valence-electron chi connectivity index (χ4n) is 3.71. The number of rotatable bonds is 2. The fourth-order valence-corrected chi connectivity index (χ4v) is 3.71. The largest absolute Gasteiger partial charge is 0.372 e. The van der Waals surface area contributed by atoms with Crippen LogP contribution in [0.25, 0.3) is 0 Å². The Morgan fingerprint density at radius 1 is 0.636 bits per heavy atom. The van der Waals surface area contributed by atoms with Gasteiger partial charge in [0.2, 0.25) is 0 Å². The van der Waals surface area contributed by atoms with E-state index in [0.717, 1.165) is 32.0 Å². The lowest BCUT2D eigenvalue weighted by Gasteiger charge is -2.33. The van der Waals surface area contributed by atoms with E-state index in [2.05, 4.69) is 70.9 Å². The Morgan fingerprint density at radius 2 is 1.21 bits per heavy atom. The molecule has 2 aliphatic heterocycles. The maximum Gasteiger partial charge on any atom is 0.128 e. The lowest BCUT2D eigenvalue weighted by molar-refractivity contribution is 0.312. The molecule has 0 atom stereocenters. The highest BCUT2D eigenvalue weighted by Crippen LogP contribution is 2.20. The third-order valence-electron chi connectivity index (χ3n) is 5.45. The van der Waals surface area contributed by atoms with Gasteiger partial charge >= 0.3 is 0 Å². The van der Waals surface area contributed by atoms with Crippen LogP contribution in [0.5, 0.6) is 0 Å². The second-order valence-corrected chi connectivity index (χ2v) is 7.87. The van der Waals surface area contributed by atoms with Gasteiger partial charge in [-0.3, -0.25) is 0 Å². The van der Waals surface area contributed by atoms with Crippen molar-refractivity contribution in [2.24, 2.45) is 0 Å². The van der Waals surface area contributed by atoms with Gasteiger partial charge in [0.05, 0.1) is 0 Å². The molecule has 0 amide bonds. The molecule has 0 spiro atoms. The van der Waals surface area contributed by atoms with Crippen LogP contribution in [-0.4, -0.2) is 56.2 Å². The van der Waals surface area contributed by atoms with Crippen LogP contribution >= 0.6 is 0 Å². The summed E-state index contributed by atoms with van der Waals surface area (Å²) in [5.74, 6) is 1.12. The van der Waals surface area contributed by atoms with Crippen LogP contribution in [0.3, 0.4) is 0 Å². The Balaban J connectivity index is 0.000000508. The first-order valence-corrected chi connectivity index (χ1v) is 13.3. The van der Waals surface area contributed by atoms with Crippen molar-refractivity contribution in [2.45, 2.75) is 74.7 Å². The van der Waals surface area contributed by atoms with Gasteiger partial charge in [-0.15, -0.1) is 0 Å². The Kier molecular flexibility index (Phi) is 18.2. The summed E-state index contributed by atoms with van der Waals surface area (Å²) in [4.78, 5) is 11.6. The molecule has 0 N–H and O–H groups in total. The summed E-state index contributed by atoms with van der Waals surface area (Å²) in [6, 6.07) is 13.0. The number of nitrogens with zero attached hydrogens (tertiary/aromatic N) is 4. The quantitative estimate of drug-likeness (QED) is 0.476. The number of benzene rings is 1. The Bertz CT molecular complexity index is 702. The van der Waals surface area contributed by atoms with Crippen LogP contribution in [0.4, 0.5) is 11.5 Å². The Morgan fingerprint density at radius 3 is 1.76 bits per heavy atom. The molecule has 3 heterocycles. The molecule has 4 heteroatoms. The lowest BCUT2D eigenvalue weighted by atomic mass is 10.1. The molecule has 188 valence electrons. The van der Waals surface area contributed by atoms with Crippen LogP contribution in [0.1, 0.15) is 71.9 Å². The number of anilines is 2. The minimum Gasteiger partial charge on any atom is -0.372 e. The topological polar surface area (TPSA) is 22.6 Å². The zero-order chi connectivity index (χ0) is 25.1. The normalized spacial score (nSPS) is 15.3.